The van der Waals surface area contributed by atoms with Gasteiger partial charge in [-0.15, -0.1) is 0 Å². The molecule has 13 rings (SSSR count). The molecule has 294 valence electrons. The third-order valence-corrected chi connectivity index (χ3v) is 12.4. The molecule has 0 aliphatic heterocycles. The fourth-order valence-electron chi connectivity index (χ4n) is 9.47. The van der Waals surface area contributed by atoms with Gasteiger partial charge in [0.05, 0.1) is 22.1 Å². The van der Waals surface area contributed by atoms with Crippen LogP contribution < -0.4 is 0 Å². The van der Waals surface area contributed by atoms with Crippen molar-refractivity contribution in [3.05, 3.63) is 212 Å². The lowest BCUT2D eigenvalue weighted by atomic mass is 9.97. The Balaban J connectivity index is 0.988. The van der Waals surface area contributed by atoms with Crippen LogP contribution in [-0.2, 0) is 0 Å². The van der Waals surface area contributed by atoms with Crippen molar-refractivity contribution < 1.29 is 4.42 Å². The van der Waals surface area contributed by atoms with Gasteiger partial charge < -0.3 is 4.42 Å². The lowest BCUT2D eigenvalue weighted by molar-refractivity contribution is 0.670. The number of rotatable bonds is 6. The molecular weight excluding hydrogens is 771 g/mol. The van der Waals surface area contributed by atoms with Crippen LogP contribution in [0.25, 0.3) is 122 Å². The highest BCUT2D eigenvalue weighted by atomic mass is 16.3. The van der Waals surface area contributed by atoms with E-state index < -0.39 is 0 Å². The van der Waals surface area contributed by atoms with Crippen LogP contribution in [0.15, 0.2) is 217 Å². The molecule has 0 aliphatic rings. The van der Waals surface area contributed by atoms with E-state index in [1.54, 1.807) is 0 Å². The second kappa shape index (κ2) is 14.0. The zero-order valence-corrected chi connectivity index (χ0v) is 33.9. The highest BCUT2D eigenvalue weighted by Crippen LogP contribution is 2.39. The summed E-state index contributed by atoms with van der Waals surface area (Å²) in [6.07, 6.45) is 0. The third-order valence-electron chi connectivity index (χ3n) is 12.4. The zero-order chi connectivity index (χ0) is 41.4. The van der Waals surface area contributed by atoms with Gasteiger partial charge >= 0.3 is 0 Å². The summed E-state index contributed by atoms with van der Waals surface area (Å²) < 4.78 is 10.8. The summed E-state index contributed by atoms with van der Waals surface area (Å²) in [6, 6.07) is 74.5. The minimum absolute atomic E-state index is 0.546. The standard InChI is InChI=1S/C57H35N5O/c1-2-14-36(15-3-1)40-32-33-46-45-20-6-10-26-51(45)62(52(46)35-40)57-59-55(58-56(60-57)61-49-24-8-4-18-43(49)44-19-5-9-25-50(44)61)38-30-28-37(29-31-38)39-16-12-17-41(34-39)42-22-13-23-48-47-21-7-11-27-53(47)63-54(42)48/h1-35H. The van der Waals surface area contributed by atoms with Gasteiger partial charge in [-0.05, 0) is 64.2 Å². The van der Waals surface area contributed by atoms with E-state index in [9.17, 15) is 0 Å². The summed E-state index contributed by atoms with van der Waals surface area (Å²) in [6.45, 7) is 0. The molecule has 13 aromatic rings. The fourth-order valence-corrected chi connectivity index (χ4v) is 9.47. The average Bonchev–Trinajstić information content (AvgIpc) is 4.02. The van der Waals surface area contributed by atoms with Crippen molar-refractivity contribution >= 4 is 65.6 Å². The van der Waals surface area contributed by atoms with Crippen LogP contribution in [0.5, 0.6) is 0 Å². The van der Waals surface area contributed by atoms with Crippen LogP contribution in [0.1, 0.15) is 0 Å². The van der Waals surface area contributed by atoms with Gasteiger partial charge in [0.1, 0.15) is 11.2 Å². The average molecular weight is 806 g/mol. The Labute approximate surface area is 361 Å². The molecule has 0 radical (unpaired) electrons. The van der Waals surface area contributed by atoms with Gasteiger partial charge in [0.15, 0.2) is 5.82 Å². The fraction of sp³-hybridized carbons (Fsp3) is 0. The molecular formula is C57H35N5O. The first-order chi connectivity index (χ1) is 31.2. The Hall–Kier alpha value is -8.61. The maximum absolute atomic E-state index is 6.42. The minimum Gasteiger partial charge on any atom is -0.455 e. The second-order valence-corrected chi connectivity index (χ2v) is 16.0. The first-order valence-corrected chi connectivity index (χ1v) is 21.2. The van der Waals surface area contributed by atoms with Gasteiger partial charge in [0.25, 0.3) is 0 Å². The third kappa shape index (κ3) is 5.62. The smallest absolute Gasteiger partial charge is 0.240 e. The lowest BCUT2D eigenvalue weighted by Crippen LogP contribution is -2.10. The van der Waals surface area contributed by atoms with Crippen LogP contribution in [0.4, 0.5) is 0 Å². The summed E-state index contributed by atoms with van der Waals surface area (Å²) in [5, 5.41) is 6.80. The summed E-state index contributed by atoms with van der Waals surface area (Å²) in [4.78, 5) is 16.0. The summed E-state index contributed by atoms with van der Waals surface area (Å²) in [5.41, 5.74) is 13.4. The van der Waals surface area contributed by atoms with E-state index in [0.717, 1.165) is 104 Å². The molecule has 0 saturated heterocycles. The largest absolute Gasteiger partial charge is 0.455 e. The first kappa shape index (κ1) is 35.2. The number of nitrogens with zero attached hydrogens (tertiary/aromatic N) is 5. The maximum atomic E-state index is 6.42. The lowest BCUT2D eigenvalue weighted by Gasteiger charge is -2.13. The molecule has 0 bridgehead atoms. The van der Waals surface area contributed by atoms with Crippen molar-refractivity contribution in [2.24, 2.45) is 0 Å². The molecule has 9 aromatic carbocycles. The molecule has 0 unspecified atom stereocenters. The highest BCUT2D eigenvalue weighted by molar-refractivity contribution is 6.11. The van der Waals surface area contributed by atoms with Gasteiger partial charge in [-0.2, -0.15) is 15.0 Å². The van der Waals surface area contributed by atoms with Crippen molar-refractivity contribution in [2.75, 3.05) is 0 Å². The SMILES string of the molecule is c1ccc(-c2ccc3c4ccccc4n(-c4nc(-c5ccc(-c6cccc(-c7cccc8c7oc7ccccc78)c6)cc5)nc(-n5c6ccccc6c6ccccc65)n4)c3c2)cc1. The Morgan fingerprint density at radius 2 is 0.778 bits per heavy atom. The Morgan fingerprint density at radius 3 is 1.48 bits per heavy atom. The van der Waals surface area contributed by atoms with Crippen molar-refractivity contribution in [3.63, 3.8) is 0 Å². The predicted octanol–water partition coefficient (Wildman–Crippen LogP) is 14.6. The quantitative estimate of drug-likeness (QED) is 0.168. The van der Waals surface area contributed by atoms with E-state index >= 15 is 0 Å². The molecule has 0 spiro atoms. The normalized spacial score (nSPS) is 11.8. The molecule has 6 heteroatoms. The monoisotopic (exact) mass is 805 g/mol. The van der Waals surface area contributed by atoms with Crippen molar-refractivity contribution in [3.8, 4) is 56.7 Å². The van der Waals surface area contributed by atoms with E-state index in [2.05, 4.69) is 209 Å². The van der Waals surface area contributed by atoms with Crippen molar-refractivity contribution in [2.45, 2.75) is 0 Å². The van der Waals surface area contributed by atoms with Gasteiger partial charge in [-0.1, -0.05) is 176 Å². The topological polar surface area (TPSA) is 61.7 Å². The molecule has 0 atom stereocenters. The predicted molar refractivity (Wildman–Crippen MR) is 258 cm³/mol. The minimum atomic E-state index is 0.546. The number of hydrogen-bond acceptors (Lipinski definition) is 4. The Kier molecular flexibility index (Phi) is 7.80. The molecule has 0 aliphatic carbocycles. The second-order valence-electron chi connectivity index (χ2n) is 16.0. The molecule has 63 heavy (non-hydrogen) atoms. The number of fused-ring (bicyclic) bond motifs is 9. The molecule has 0 fully saturated rings. The van der Waals surface area contributed by atoms with Gasteiger partial charge in [0, 0.05) is 43.4 Å². The highest BCUT2D eigenvalue weighted by Gasteiger charge is 2.21. The number of benzene rings is 9. The number of aromatic nitrogens is 5. The summed E-state index contributed by atoms with van der Waals surface area (Å²) >= 11 is 0. The maximum Gasteiger partial charge on any atom is 0.240 e. The van der Waals surface area contributed by atoms with Gasteiger partial charge in [-0.3, -0.25) is 9.13 Å². The Bertz CT molecular complexity index is 3860. The van der Waals surface area contributed by atoms with E-state index in [0.29, 0.717) is 17.7 Å². The van der Waals surface area contributed by atoms with Crippen LogP contribution >= 0.6 is 0 Å². The van der Waals surface area contributed by atoms with Crippen LogP contribution in [0.2, 0.25) is 0 Å². The Morgan fingerprint density at radius 1 is 0.302 bits per heavy atom. The molecule has 4 heterocycles. The molecule has 0 N–H and O–H groups in total. The van der Waals surface area contributed by atoms with Crippen LogP contribution in [-0.4, -0.2) is 24.1 Å². The number of furan rings is 1. The molecule has 0 saturated carbocycles. The summed E-state index contributed by atoms with van der Waals surface area (Å²) in [7, 11) is 0. The molecule has 4 aromatic heterocycles. The zero-order valence-electron chi connectivity index (χ0n) is 33.9. The van der Waals surface area contributed by atoms with E-state index in [1.165, 1.54) is 0 Å². The van der Waals surface area contributed by atoms with Gasteiger partial charge in [0.2, 0.25) is 11.9 Å². The van der Waals surface area contributed by atoms with E-state index in [-0.39, 0.29) is 0 Å². The van der Waals surface area contributed by atoms with Gasteiger partial charge in [-0.25, -0.2) is 0 Å². The summed E-state index contributed by atoms with van der Waals surface area (Å²) in [5.74, 6) is 1.68. The number of para-hydroxylation sites is 5. The first-order valence-electron chi connectivity index (χ1n) is 21.2. The van der Waals surface area contributed by atoms with Crippen molar-refractivity contribution in [1.82, 2.24) is 24.1 Å². The molecule has 0 amide bonds. The number of hydrogen-bond donors (Lipinski definition) is 0. The van der Waals surface area contributed by atoms with E-state index in [1.807, 2.05) is 12.1 Å². The molecule has 6 nitrogen and oxygen atoms in total. The van der Waals surface area contributed by atoms with E-state index in [4.69, 9.17) is 19.4 Å². The van der Waals surface area contributed by atoms with Crippen LogP contribution in [0, 0.1) is 0 Å². The van der Waals surface area contributed by atoms with Crippen molar-refractivity contribution in [1.29, 1.82) is 0 Å². The van der Waals surface area contributed by atoms with Crippen LogP contribution in [0.3, 0.4) is 0 Å².